The largest absolute Gasteiger partial charge is 0.451 e. The maximum absolute atomic E-state index is 12.4. The molecule has 2 aromatic carbocycles. The summed E-state index contributed by atoms with van der Waals surface area (Å²) in [6.07, 6.45) is 0.937. The van der Waals surface area contributed by atoms with Gasteiger partial charge in [-0.15, -0.1) is 0 Å². The molecule has 0 aliphatic carbocycles. The quantitative estimate of drug-likeness (QED) is 0.785. The van der Waals surface area contributed by atoms with Crippen molar-refractivity contribution in [2.24, 2.45) is 0 Å². The number of hydrogen-bond donors (Lipinski definition) is 1. The van der Waals surface area contributed by atoms with Gasteiger partial charge in [0.1, 0.15) is 5.58 Å². The Morgan fingerprint density at radius 1 is 1.08 bits per heavy atom. The van der Waals surface area contributed by atoms with Gasteiger partial charge in [0.25, 0.3) is 5.91 Å². The molecule has 0 spiro atoms. The van der Waals surface area contributed by atoms with Crippen LogP contribution in [0.2, 0.25) is 0 Å². The molecule has 122 valence electrons. The SMILES string of the molecule is CCc1ccc(NC(=O)c2cc(=O)c3c(C)cc(C)cc3o2)cc1. The number of hydrogen-bond acceptors (Lipinski definition) is 3. The van der Waals surface area contributed by atoms with Gasteiger partial charge in [0.15, 0.2) is 11.2 Å². The van der Waals surface area contributed by atoms with Crippen molar-refractivity contribution in [2.75, 3.05) is 5.32 Å². The van der Waals surface area contributed by atoms with Crippen LogP contribution < -0.4 is 10.7 Å². The summed E-state index contributed by atoms with van der Waals surface area (Å²) in [5.41, 5.74) is 3.92. The second-order valence-corrected chi connectivity index (χ2v) is 5.93. The summed E-state index contributed by atoms with van der Waals surface area (Å²) in [5, 5.41) is 3.28. The third kappa shape index (κ3) is 3.08. The monoisotopic (exact) mass is 321 g/mol. The van der Waals surface area contributed by atoms with Crippen molar-refractivity contribution in [1.29, 1.82) is 0 Å². The van der Waals surface area contributed by atoms with Crippen molar-refractivity contribution in [3.8, 4) is 0 Å². The van der Waals surface area contributed by atoms with Crippen molar-refractivity contribution in [3.05, 3.63) is 75.1 Å². The summed E-state index contributed by atoms with van der Waals surface area (Å²) >= 11 is 0. The lowest BCUT2D eigenvalue weighted by molar-refractivity contribution is 0.0997. The second kappa shape index (κ2) is 6.32. The van der Waals surface area contributed by atoms with Crippen LogP contribution in [0.25, 0.3) is 11.0 Å². The molecule has 0 unspecified atom stereocenters. The number of aryl methyl sites for hydroxylation is 3. The number of rotatable bonds is 3. The van der Waals surface area contributed by atoms with E-state index in [1.807, 2.05) is 44.2 Å². The summed E-state index contributed by atoms with van der Waals surface area (Å²) in [6.45, 7) is 5.86. The molecular formula is C20H19NO3. The van der Waals surface area contributed by atoms with Crippen LogP contribution in [-0.4, -0.2) is 5.91 Å². The second-order valence-electron chi connectivity index (χ2n) is 5.93. The first-order valence-electron chi connectivity index (χ1n) is 7.93. The van der Waals surface area contributed by atoms with E-state index in [1.54, 1.807) is 6.07 Å². The highest BCUT2D eigenvalue weighted by molar-refractivity contribution is 6.03. The molecule has 0 aliphatic heterocycles. The number of nitrogens with one attached hydrogen (secondary N) is 1. The number of amides is 1. The van der Waals surface area contributed by atoms with Gasteiger partial charge in [-0.2, -0.15) is 0 Å². The van der Waals surface area contributed by atoms with Gasteiger partial charge >= 0.3 is 0 Å². The molecule has 0 bridgehead atoms. The van der Waals surface area contributed by atoms with Gasteiger partial charge < -0.3 is 9.73 Å². The van der Waals surface area contributed by atoms with Gasteiger partial charge in [-0.05, 0) is 55.2 Å². The maximum Gasteiger partial charge on any atom is 0.291 e. The lowest BCUT2D eigenvalue weighted by Crippen LogP contribution is -2.15. The first kappa shape index (κ1) is 16.0. The lowest BCUT2D eigenvalue weighted by Gasteiger charge is -2.08. The molecule has 1 N–H and O–H groups in total. The highest BCUT2D eigenvalue weighted by Gasteiger charge is 2.14. The average Bonchev–Trinajstić information content (AvgIpc) is 2.54. The Morgan fingerprint density at radius 3 is 2.46 bits per heavy atom. The highest BCUT2D eigenvalue weighted by atomic mass is 16.3. The van der Waals surface area contributed by atoms with Crippen LogP contribution in [0.15, 0.2) is 51.7 Å². The maximum atomic E-state index is 12.4. The molecule has 1 amide bonds. The van der Waals surface area contributed by atoms with Crippen molar-refractivity contribution >= 4 is 22.6 Å². The Hall–Kier alpha value is -2.88. The van der Waals surface area contributed by atoms with Crippen LogP contribution >= 0.6 is 0 Å². The van der Waals surface area contributed by atoms with E-state index < -0.39 is 5.91 Å². The molecule has 3 rings (SSSR count). The van der Waals surface area contributed by atoms with E-state index in [4.69, 9.17) is 4.42 Å². The molecule has 4 heteroatoms. The molecule has 4 nitrogen and oxygen atoms in total. The number of benzene rings is 2. The normalized spacial score (nSPS) is 10.8. The zero-order chi connectivity index (χ0) is 17.3. The molecule has 0 atom stereocenters. The van der Waals surface area contributed by atoms with E-state index in [1.165, 1.54) is 11.6 Å². The molecule has 0 aliphatic rings. The fourth-order valence-corrected chi connectivity index (χ4v) is 2.79. The minimum Gasteiger partial charge on any atom is -0.451 e. The molecule has 0 radical (unpaired) electrons. The molecule has 0 fully saturated rings. The smallest absolute Gasteiger partial charge is 0.291 e. The van der Waals surface area contributed by atoms with Crippen molar-refractivity contribution in [1.82, 2.24) is 0 Å². The average molecular weight is 321 g/mol. The van der Waals surface area contributed by atoms with Crippen molar-refractivity contribution in [3.63, 3.8) is 0 Å². The summed E-state index contributed by atoms with van der Waals surface area (Å²) in [7, 11) is 0. The summed E-state index contributed by atoms with van der Waals surface area (Å²) in [6, 6.07) is 12.5. The summed E-state index contributed by atoms with van der Waals surface area (Å²) < 4.78 is 5.67. The predicted molar refractivity (Wildman–Crippen MR) is 95.7 cm³/mol. The minimum atomic E-state index is -0.433. The molecule has 3 aromatic rings. The fraction of sp³-hybridized carbons (Fsp3) is 0.200. The van der Waals surface area contributed by atoms with Crippen LogP contribution in [0, 0.1) is 13.8 Å². The third-order valence-corrected chi connectivity index (χ3v) is 4.02. The number of anilines is 1. The molecule has 1 aromatic heterocycles. The predicted octanol–water partition coefficient (Wildman–Crippen LogP) is 4.22. The van der Waals surface area contributed by atoms with Crippen molar-refractivity contribution in [2.45, 2.75) is 27.2 Å². The number of carbonyl (C=O) groups is 1. The zero-order valence-electron chi connectivity index (χ0n) is 14.0. The summed E-state index contributed by atoms with van der Waals surface area (Å²) in [5.74, 6) is -0.422. The van der Waals surface area contributed by atoms with Crippen LogP contribution in [0.3, 0.4) is 0 Å². The van der Waals surface area contributed by atoms with Crippen LogP contribution in [0.1, 0.15) is 34.2 Å². The van der Waals surface area contributed by atoms with E-state index in [0.717, 1.165) is 17.5 Å². The van der Waals surface area contributed by atoms with Gasteiger partial charge in [0.05, 0.1) is 5.39 Å². The van der Waals surface area contributed by atoms with Gasteiger partial charge in [-0.1, -0.05) is 25.1 Å². The molecule has 24 heavy (non-hydrogen) atoms. The molecule has 0 saturated heterocycles. The third-order valence-electron chi connectivity index (χ3n) is 4.02. The number of carbonyl (C=O) groups excluding carboxylic acids is 1. The number of fused-ring (bicyclic) bond motifs is 1. The van der Waals surface area contributed by atoms with Gasteiger partial charge in [-0.25, -0.2) is 0 Å². The van der Waals surface area contributed by atoms with Crippen LogP contribution in [0.5, 0.6) is 0 Å². The zero-order valence-corrected chi connectivity index (χ0v) is 14.0. The van der Waals surface area contributed by atoms with E-state index in [0.29, 0.717) is 16.7 Å². The Labute approximate surface area is 140 Å². The first-order valence-corrected chi connectivity index (χ1v) is 7.93. The first-order chi connectivity index (χ1) is 11.5. The Bertz CT molecular complexity index is 969. The lowest BCUT2D eigenvalue weighted by atomic mass is 10.1. The Balaban J connectivity index is 1.96. The minimum absolute atomic E-state index is 0.0112. The van der Waals surface area contributed by atoms with Gasteiger partial charge in [-0.3, -0.25) is 9.59 Å². The van der Waals surface area contributed by atoms with Crippen LogP contribution in [-0.2, 0) is 6.42 Å². The van der Waals surface area contributed by atoms with Gasteiger partial charge in [0.2, 0.25) is 0 Å². The van der Waals surface area contributed by atoms with Crippen molar-refractivity contribution < 1.29 is 9.21 Å². The standard InChI is InChI=1S/C20H19NO3/c1-4-14-5-7-15(8-6-14)21-20(23)18-11-16(22)19-13(3)9-12(2)10-17(19)24-18/h5-11H,4H2,1-3H3,(H,21,23). The van der Waals surface area contributed by atoms with E-state index >= 15 is 0 Å². The fourth-order valence-electron chi connectivity index (χ4n) is 2.79. The molecule has 1 heterocycles. The highest BCUT2D eigenvalue weighted by Crippen LogP contribution is 2.19. The topological polar surface area (TPSA) is 59.3 Å². The Kier molecular flexibility index (Phi) is 4.21. The molecular weight excluding hydrogens is 302 g/mol. The van der Waals surface area contributed by atoms with Crippen LogP contribution in [0.4, 0.5) is 5.69 Å². The van der Waals surface area contributed by atoms with E-state index in [2.05, 4.69) is 12.2 Å². The molecule has 0 saturated carbocycles. The Morgan fingerprint density at radius 2 is 1.79 bits per heavy atom. The van der Waals surface area contributed by atoms with E-state index in [-0.39, 0.29) is 11.2 Å². The van der Waals surface area contributed by atoms with Gasteiger partial charge in [0, 0.05) is 11.8 Å². The van der Waals surface area contributed by atoms with E-state index in [9.17, 15) is 9.59 Å². The summed E-state index contributed by atoms with van der Waals surface area (Å²) in [4.78, 5) is 24.7.